The second-order valence-corrected chi connectivity index (χ2v) is 6.75. The van der Waals surface area contributed by atoms with E-state index in [1.165, 1.54) is 0 Å². The van der Waals surface area contributed by atoms with Crippen LogP contribution < -0.4 is 5.32 Å². The number of nitrogens with zero attached hydrogens (tertiary/aromatic N) is 1. The van der Waals surface area contributed by atoms with Crippen LogP contribution in [0.25, 0.3) is 0 Å². The normalized spacial score (nSPS) is 21.7. The Balaban J connectivity index is 1.76. The molecule has 0 radical (unpaired) electrons. The molecule has 1 unspecified atom stereocenters. The molecule has 0 bridgehead atoms. The molecule has 6 heteroatoms. The van der Waals surface area contributed by atoms with Crippen LogP contribution in [0.2, 0.25) is 0 Å². The zero-order valence-corrected chi connectivity index (χ0v) is 10.8. The minimum Gasteiger partial charge on any atom is -0.352 e. The molecule has 1 N–H and O–H groups in total. The van der Waals surface area contributed by atoms with Gasteiger partial charge in [0.05, 0.1) is 11.5 Å². The second-order valence-electron chi connectivity index (χ2n) is 4.52. The van der Waals surface area contributed by atoms with E-state index in [4.69, 9.17) is 0 Å². The van der Waals surface area contributed by atoms with E-state index >= 15 is 0 Å². The zero-order valence-electron chi connectivity index (χ0n) is 10.0. The maximum absolute atomic E-state index is 11.7. The molecule has 5 nitrogen and oxygen atoms in total. The van der Waals surface area contributed by atoms with Crippen LogP contribution >= 0.6 is 0 Å². The van der Waals surface area contributed by atoms with E-state index in [0.29, 0.717) is 19.3 Å². The average molecular weight is 268 g/mol. The van der Waals surface area contributed by atoms with Crippen molar-refractivity contribution in [2.45, 2.75) is 25.3 Å². The molecule has 1 aromatic rings. The summed E-state index contributed by atoms with van der Waals surface area (Å²) in [6.45, 7) is 0. The van der Waals surface area contributed by atoms with Crippen LogP contribution in [0.5, 0.6) is 0 Å². The minimum atomic E-state index is -2.93. The van der Waals surface area contributed by atoms with Crippen molar-refractivity contribution in [2.75, 3.05) is 11.5 Å². The molecule has 1 aliphatic rings. The van der Waals surface area contributed by atoms with Gasteiger partial charge in [-0.1, -0.05) is 0 Å². The largest absolute Gasteiger partial charge is 0.352 e. The van der Waals surface area contributed by atoms with Gasteiger partial charge in [0, 0.05) is 24.9 Å². The van der Waals surface area contributed by atoms with Gasteiger partial charge in [0.15, 0.2) is 9.84 Å². The van der Waals surface area contributed by atoms with Crippen molar-refractivity contribution < 1.29 is 13.2 Å². The van der Waals surface area contributed by atoms with Crippen molar-refractivity contribution in [3.8, 4) is 0 Å². The van der Waals surface area contributed by atoms with Gasteiger partial charge in [0.25, 0.3) is 0 Å². The molecule has 0 spiro atoms. The summed E-state index contributed by atoms with van der Waals surface area (Å²) in [6.07, 6.45) is 4.94. The van der Waals surface area contributed by atoms with Crippen molar-refractivity contribution >= 4 is 15.7 Å². The monoisotopic (exact) mass is 268 g/mol. The predicted octanol–water partition coefficient (Wildman–Crippen LogP) is 0.318. The Bertz CT molecular complexity index is 513. The summed E-state index contributed by atoms with van der Waals surface area (Å²) in [6, 6.07) is 3.53. The molecule has 1 fully saturated rings. The molecule has 2 rings (SSSR count). The Morgan fingerprint density at radius 3 is 2.72 bits per heavy atom. The lowest BCUT2D eigenvalue weighted by Gasteiger charge is -2.10. The molecule has 0 aromatic carbocycles. The van der Waals surface area contributed by atoms with E-state index in [1.54, 1.807) is 12.4 Å². The first-order valence-electron chi connectivity index (χ1n) is 5.94. The van der Waals surface area contributed by atoms with E-state index in [0.717, 1.165) is 5.56 Å². The number of carbonyl (C=O) groups is 1. The molecule has 1 atom stereocenters. The van der Waals surface area contributed by atoms with E-state index < -0.39 is 9.84 Å². The molecule has 1 aliphatic heterocycles. The summed E-state index contributed by atoms with van der Waals surface area (Å²) in [4.78, 5) is 15.6. The molecule has 18 heavy (non-hydrogen) atoms. The molecule has 2 heterocycles. The lowest BCUT2D eigenvalue weighted by Crippen LogP contribution is -2.35. The lowest BCUT2D eigenvalue weighted by molar-refractivity contribution is -0.121. The highest BCUT2D eigenvalue weighted by molar-refractivity contribution is 7.91. The third-order valence-corrected chi connectivity index (χ3v) is 4.76. The maximum Gasteiger partial charge on any atom is 0.220 e. The molecular formula is C12H16N2O3S. The highest BCUT2D eigenvalue weighted by Gasteiger charge is 2.28. The Hall–Kier alpha value is -1.43. The fraction of sp³-hybridized carbons (Fsp3) is 0.500. The van der Waals surface area contributed by atoms with Crippen molar-refractivity contribution in [3.05, 3.63) is 30.1 Å². The first-order valence-corrected chi connectivity index (χ1v) is 7.76. The fourth-order valence-electron chi connectivity index (χ4n) is 2.02. The average Bonchev–Trinajstić information content (AvgIpc) is 2.67. The van der Waals surface area contributed by atoms with Crippen LogP contribution in [-0.2, 0) is 21.1 Å². The first kappa shape index (κ1) is 13.0. The summed E-state index contributed by atoms with van der Waals surface area (Å²) in [5.74, 6) is 0.171. The predicted molar refractivity (Wildman–Crippen MR) is 67.8 cm³/mol. The van der Waals surface area contributed by atoms with Gasteiger partial charge in [-0.25, -0.2) is 8.42 Å². The van der Waals surface area contributed by atoms with Gasteiger partial charge in [0.2, 0.25) is 5.91 Å². The van der Waals surface area contributed by atoms with Crippen LogP contribution in [0, 0.1) is 0 Å². The smallest absolute Gasteiger partial charge is 0.220 e. The standard InChI is InChI=1S/C12H16N2O3S/c15-12(2-1-10-3-6-13-7-4-10)14-11-5-8-18(16,17)9-11/h3-4,6-7,11H,1-2,5,8-9H2,(H,14,15). The van der Waals surface area contributed by atoms with Gasteiger partial charge in [-0.3, -0.25) is 9.78 Å². The van der Waals surface area contributed by atoms with E-state index in [2.05, 4.69) is 10.3 Å². The summed E-state index contributed by atoms with van der Waals surface area (Å²) in [5, 5.41) is 2.77. The highest BCUT2D eigenvalue weighted by atomic mass is 32.2. The number of pyridine rings is 1. The second kappa shape index (κ2) is 5.48. The van der Waals surface area contributed by atoms with Gasteiger partial charge in [-0.2, -0.15) is 0 Å². The van der Waals surface area contributed by atoms with Gasteiger partial charge in [0.1, 0.15) is 0 Å². The van der Waals surface area contributed by atoms with E-state index in [-0.39, 0.29) is 23.5 Å². The Morgan fingerprint density at radius 2 is 2.11 bits per heavy atom. The topological polar surface area (TPSA) is 76.1 Å². The van der Waals surface area contributed by atoms with Crippen LogP contribution in [-0.4, -0.2) is 36.9 Å². The highest BCUT2D eigenvalue weighted by Crippen LogP contribution is 2.11. The summed E-state index contributed by atoms with van der Waals surface area (Å²) < 4.78 is 22.5. The number of aromatic nitrogens is 1. The third kappa shape index (κ3) is 3.80. The SMILES string of the molecule is O=C(CCc1ccncc1)NC1CCS(=O)(=O)C1. The maximum atomic E-state index is 11.7. The Labute approximate surface area is 107 Å². The molecule has 0 saturated carbocycles. The van der Waals surface area contributed by atoms with Crippen molar-refractivity contribution in [2.24, 2.45) is 0 Å². The van der Waals surface area contributed by atoms with E-state index in [1.807, 2.05) is 12.1 Å². The summed E-state index contributed by atoms with van der Waals surface area (Å²) >= 11 is 0. The van der Waals surface area contributed by atoms with Crippen LogP contribution in [0.4, 0.5) is 0 Å². The van der Waals surface area contributed by atoms with Crippen LogP contribution in [0.1, 0.15) is 18.4 Å². The van der Waals surface area contributed by atoms with Crippen molar-refractivity contribution in [1.82, 2.24) is 10.3 Å². The van der Waals surface area contributed by atoms with Gasteiger partial charge < -0.3 is 5.32 Å². The number of amides is 1. The Morgan fingerprint density at radius 1 is 1.39 bits per heavy atom. The molecular weight excluding hydrogens is 252 g/mol. The number of rotatable bonds is 4. The number of nitrogens with one attached hydrogen (secondary N) is 1. The minimum absolute atomic E-state index is 0.0774. The Kier molecular flexibility index (Phi) is 3.96. The molecule has 1 saturated heterocycles. The van der Waals surface area contributed by atoms with Crippen molar-refractivity contribution in [1.29, 1.82) is 0 Å². The fourth-order valence-corrected chi connectivity index (χ4v) is 3.69. The number of hydrogen-bond acceptors (Lipinski definition) is 4. The summed E-state index contributed by atoms with van der Waals surface area (Å²) in [7, 11) is -2.93. The van der Waals surface area contributed by atoms with Crippen LogP contribution in [0.15, 0.2) is 24.5 Å². The number of hydrogen-bond donors (Lipinski definition) is 1. The number of aryl methyl sites for hydroxylation is 1. The van der Waals surface area contributed by atoms with E-state index in [9.17, 15) is 13.2 Å². The van der Waals surface area contributed by atoms with Crippen LogP contribution in [0.3, 0.4) is 0 Å². The van der Waals surface area contributed by atoms with Gasteiger partial charge in [-0.15, -0.1) is 0 Å². The number of sulfone groups is 1. The lowest BCUT2D eigenvalue weighted by atomic mass is 10.1. The summed E-state index contributed by atoms with van der Waals surface area (Å²) in [5.41, 5.74) is 1.05. The third-order valence-electron chi connectivity index (χ3n) is 2.99. The first-order chi connectivity index (χ1) is 8.55. The molecule has 1 aromatic heterocycles. The number of carbonyl (C=O) groups excluding carboxylic acids is 1. The molecule has 0 aliphatic carbocycles. The quantitative estimate of drug-likeness (QED) is 0.853. The molecule has 98 valence electrons. The van der Waals surface area contributed by atoms with Gasteiger partial charge in [-0.05, 0) is 30.5 Å². The zero-order chi connectivity index (χ0) is 13.0. The van der Waals surface area contributed by atoms with Gasteiger partial charge >= 0.3 is 0 Å². The molecule has 1 amide bonds. The van der Waals surface area contributed by atoms with Crippen molar-refractivity contribution in [3.63, 3.8) is 0 Å².